The predicted molar refractivity (Wildman–Crippen MR) is 73.8 cm³/mol. The third-order valence-corrected chi connectivity index (χ3v) is 2.96. The SMILES string of the molecule is CN(C)CCCN(C)c1cc(Cl)ccc1CO. The molecule has 0 saturated heterocycles. The van der Waals surface area contributed by atoms with Crippen molar-refractivity contribution in [1.29, 1.82) is 0 Å². The molecular weight excluding hydrogens is 236 g/mol. The Hall–Kier alpha value is -0.770. The Kier molecular flexibility index (Phi) is 5.75. The second-order valence-corrected chi connectivity index (χ2v) is 4.95. The average molecular weight is 257 g/mol. The van der Waals surface area contributed by atoms with Crippen molar-refractivity contribution in [2.24, 2.45) is 0 Å². The van der Waals surface area contributed by atoms with Crippen LogP contribution in [0.5, 0.6) is 0 Å². The van der Waals surface area contributed by atoms with Crippen molar-refractivity contribution in [2.75, 3.05) is 39.1 Å². The van der Waals surface area contributed by atoms with Gasteiger partial charge < -0.3 is 14.9 Å². The molecule has 0 amide bonds. The van der Waals surface area contributed by atoms with Crippen molar-refractivity contribution in [3.8, 4) is 0 Å². The van der Waals surface area contributed by atoms with Crippen molar-refractivity contribution >= 4 is 17.3 Å². The Morgan fingerprint density at radius 1 is 1.18 bits per heavy atom. The number of nitrogens with zero attached hydrogens (tertiary/aromatic N) is 2. The first-order valence-corrected chi connectivity index (χ1v) is 6.17. The maximum absolute atomic E-state index is 9.29. The van der Waals surface area contributed by atoms with Gasteiger partial charge in [-0.3, -0.25) is 0 Å². The number of hydrogen-bond donors (Lipinski definition) is 1. The molecule has 0 saturated carbocycles. The molecule has 1 rings (SSSR count). The smallest absolute Gasteiger partial charge is 0.0702 e. The van der Waals surface area contributed by atoms with Gasteiger partial charge in [-0.1, -0.05) is 17.7 Å². The summed E-state index contributed by atoms with van der Waals surface area (Å²) in [4.78, 5) is 4.31. The quantitative estimate of drug-likeness (QED) is 0.846. The molecule has 17 heavy (non-hydrogen) atoms. The highest BCUT2D eigenvalue weighted by atomic mass is 35.5. The fraction of sp³-hybridized carbons (Fsp3) is 0.538. The van der Waals surface area contributed by atoms with Gasteiger partial charge in [0, 0.05) is 29.9 Å². The standard InChI is InChI=1S/C13H21ClN2O/c1-15(2)7-4-8-16(3)13-9-12(14)6-5-11(13)10-17/h5-6,9,17H,4,7-8,10H2,1-3H3. The molecule has 0 aliphatic carbocycles. The first-order chi connectivity index (χ1) is 8.04. The number of rotatable bonds is 6. The van der Waals surface area contributed by atoms with Crippen LogP contribution < -0.4 is 4.90 Å². The highest BCUT2D eigenvalue weighted by molar-refractivity contribution is 6.30. The van der Waals surface area contributed by atoms with Crippen LogP contribution in [0.2, 0.25) is 5.02 Å². The van der Waals surface area contributed by atoms with Crippen LogP contribution in [0.25, 0.3) is 0 Å². The fourth-order valence-electron chi connectivity index (χ4n) is 1.77. The molecule has 0 aliphatic heterocycles. The van der Waals surface area contributed by atoms with Gasteiger partial charge in [0.05, 0.1) is 6.61 Å². The van der Waals surface area contributed by atoms with Crippen molar-refractivity contribution in [3.63, 3.8) is 0 Å². The number of hydrogen-bond acceptors (Lipinski definition) is 3. The Morgan fingerprint density at radius 3 is 2.47 bits per heavy atom. The van der Waals surface area contributed by atoms with Gasteiger partial charge in [0.2, 0.25) is 0 Å². The minimum Gasteiger partial charge on any atom is -0.392 e. The molecule has 0 bridgehead atoms. The first kappa shape index (κ1) is 14.3. The Morgan fingerprint density at radius 2 is 1.88 bits per heavy atom. The Balaban J connectivity index is 2.66. The number of benzene rings is 1. The second kappa shape index (κ2) is 6.84. The van der Waals surface area contributed by atoms with E-state index in [0.29, 0.717) is 5.02 Å². The van der Waals surface area contributed by atoms with Crippen molar-refractivity contribution in [2.45, 2.75) is 13.0 Å². The summed E-state index contributed by atoms with van der Waals surface area (Å²) in [5, 5.41) is 10.00. The van der Waals surface area contributed by atoms with Gasteiger partial charge >= 0.3 is 0 Å². The van der Waals surface area contributed by atoms with E-state index in [1.807, 2.05) is 25.2 Å². The zero-order valence-electron chi connectivity index (χ0n) is 10.8. The van der Waals surface area contributed by atoms with E-state index < -0.39 is 0 Å². The minimum absolute atomic E-state index is 0.0462. The van der Waals surface area contributed by atoms with E-state index in [9.17, 15) is 5.11 Å². The van der Waals surface area contributed by atoms with E-state index in [1.165, 1.54) is 0 Å². The van der Waals surface area contributed by atoms with Crippen LogP contribution in [0.3, 0.4) is 0 Å². The molecule has 0 aliphatic rings. The summed E-state index contributed by atoms with van der Waals surface area (Å²) in [6.45, 7) is 2.05. The zero-order chi connectivity index (χ0) is 12.8. The molecule has 0 aromatic heterocycles. The van der Waals surface area contributed by atoms with Crippen LogP contribution >= 0.6 is 11.6 Å². The summed E-state index contributed by atoms with van der Waals surface area (Å²) in [7, 11) is 6.16. The molecule has 0 spiro atoms. The van der Waals surface area contributed by atoms with Crippen LogP contribution in [-0.2, 0) is 6.61 Å². The van der Waals surface area contributed by atoms with Crippen molar-refractivity contribution in [1.82, 2.24) is 4.90 Å². The van der Waals surface area contributed by atoms with E-state index in [0.717, 1.165) is 30.8 Å². The Bertz CT molecular complexity index is 355. The second-order valence-electron chi connectivity index (χ2n) is 4.51. The van der Waals surface area contributed by atoms with Gasteiger partial charge in [0.1, 0.15) is 0 Å². The van der Waals surface area contributed by atoms with Crippen molar-refractivity contribution < 1.29 is 5.11 Å². The highest BCUT2D eigenvalue weighted by Crippen LogP contribution is 2.24. The Labute approximate surface area is 109 Å². The van der Waals surface area contributed by atoms with Crippen LogP contribution in [0, 0.1) is 0 Å². The average Bonchev–Trinajstić information content (AvgIpc) is 2.28. The molecule has 0 heterocycles. The number of aliphatic hydroxyl groups is 1. The van der Waals surface area contributed by atoms with E-state index >= 15 is 0 Å². The summed E-state index contributed by atoms with van der Waals surface area (Å²) < 4.78 is 0. The number of aliphatic hydroxyl groups excluding tert-OH is 1. The summed E-state index contributed by atoms with van der Waals surface area (Å²) in [5.41, 5.74) is 1.93. The lowest BCUT2D eigenvalue weighted by Gasteiger charge is -2.23. The molecule has 0 fully saturated rings. The third kappa shape index (κ3) is 4.54. The predicted octanol–water partition coefficient (Wildman–Crippen LogP) is 2.22. The van der Waals surface area contributed by atoms with E-state index in [-0.39, 0.29) is 6.61 Å². The molecule has 3 nitrogen and oxygen atoms in total. The lowest BCUT2D eigenvalue weighted by Crippen LogP contribution is -2.24. The van der Waals surface area contributed by atoms with Crippen LogP contribution in [-0.4, -0.2) is 44.2 Å². The molecule has 0 atom stereocenters. The van der Waals surface area contributed by atoms with E-state index in [4.69, 9.17) is 11.6 Å². The largest absolute Gasteiger partial charge is 0.392 e. The van der Waals surface area contributed by atoms with Gasteiger partial charge in [0.15, 0.2) is 0 Å². The molecule has 1 aromatic carbocycles. The molecule has 1 N–H and O–H groups in total. The molecular formula is C13H21ClN2O. The summed E-state index contributed by atoms with van der Waals surface area (Å²) >= 11 is 5.99. The maximum Gasteiger partial charge on any atom is 0.0702 e. The molecule has 0 unspecified atom stereocenters. The zero-order valence-corrected chi connectivity index (χ0v) is 11.5. The van der Waals surface area contributed by atoms with Crippen LogP contribution in [0.4, 0.5) is 5.69 Å². The lowest BCUT2D eigenvalue weighted by molar-refractivity contribution is 0.282. The van der Waals surface area contributed by atoms with Gasteiger partial charge in [0.25, 0.3) is 0 Å². The minimum atomic E-state index is 0.0462. The summed E-state index contributed by atoms with van der Waals surface area (Å²) in [6.07, 6.45) is 1.08. The van der Waals surface area contributed by atoms with Crippen LogP contribution in [0.1, 0.15) is 12.0 Å². The monoisotopic (exact) mass is 256 g/mol. The summed E-state index contributed by atoms with van der Waals surface area (Å²) in [6, 6.07) is 5.59. The van der Waals surface area contributed by atoms with Crippen molar-refractivity contribution in [3.05, 3.63) is 28.8 Å². The normalized spacial score (nSPS) is 10.9. The van der Waals surface area contributed by atoms with Gasteiger partial charge in [-0.05, 0) is 39.2 Å². The van der Waals surface area contributed by atoms with Gasteiger partial charge in [-0.25, -0.2) is 0 Å². The molecule has 96 valence electrons. The third-order valence-electron chi connectivity index (χ3n) is 2.73. The number of anilines is 1. The molecule has 0 radical (unpaired) electrons. The maximum atomic E-state index is 9.29. The highest BCUT2D eigenvalue weighted by Gasteiger charge is 2.07. The van der Waals surface area contributed by atoms with E-state index in [1.54, 1.807) is 0 Å². The fourth-order valence-corrected chi connectivity index (χ4v) is 1.94. The molecule has 4 heteroatoms. The van der Waals surface area contributed by atoms with Gasteiger partial charge in [-0.15, -0.1) is 0 Å². The summed E-state index contributed by atoms with van der Waals surface area (Å²) in [5.74, 6) is 0. The van der Waals surface area contributed by atoms with E-state index in [2.05, 4.69) is 23.9 Å². The van der Waals surface area contributed by atoms with Gasteiger partial charge in [-0.2, -0.15) is 0 Å². The molecule has 1 aromatic rings. The first-order valence-electron chi connectivity index (χ1n) is 5.79. The number of halogens is 1. The van der Waals surface area contributed by atoms with Crippen LogP contribution in [0.15, 0.2) is 18.2 Å². The lowest BCUT2D eigenvalue weighted by atomic mass is 10.1. The topological polar surface area (TPSA) is 26.7 Å².